The van der Waals surface area contributed by atoms with Gasteiger partial charge < -0.3 is 14.9 Å². The van der Waals surface area contributed by atoms with Gasteiger partial charge in [0.05, 0.1) is 21.6 Å². The third kappa shape index (κ3) is 5.25. The van der Waals surface area contributed by atoms with Crippen molar-refractivity contribution >= 4 is 33.3 Å². The van der Waals surface area contributed by atoms with Gasteiger partial charge in [0.2, 0.25) is 5.89 Å². The third-order valence-electron chi connectivity index (χ3n) is 6.13. The van der Waals surface area contributed by atoms with Crippen molar-refractivity contribution in [3.8, 4) is 0 Å². The van der Waals surface area contributed by atoms with E-state index in [-0.39, 0.29) is 12.3 Å². The van der Waals surface area contributed by atoms with Gasteiger partial charge in [-0.2, -0.15) is 4.98 Å². The maximum atomic E-state index is 11.5. The molecule has 1 atom stereocenters. The van der Waals surface area contributed by atoms with E-state index >= 15 is 0 Å². The Morgan fingerprint density at radius 2 is 2.12 bits per heavy atom. The SMILES string of the molecule is Cc1nc2cc(C(CC(=O)O)Cc3nc(CCCc4ccc5c(n4)NCCC5)no3)ccc2s1. The fourth-order valence-corrected chi connectivity index (χ4v) is 5.26. The molecule has 0 radical (unpaired) electrons. The second kappa shape index (κ2) is 9.89. The molecule has 4 aromatic rings. The number of aryl methyl sites for hydroxylation is 4. The Morgan fingerprint density at radius 3 is 3.00 bits per heavy atom. The molecule has 5 rings (SSSR count). The zero-order chi connectivity index (χ0) is 23.5. The zero-order valence-corrected chi connectivity index (χ0v) is 19.9. The molecule has 8 nitrogen and oxygen atoms in total. The lowest BCUT2D eigenvalue weighted by Gasteiger charge is -2.17. The smallest absolute Gasteiger partial charge is 0.303 e. The highest BCUT2D eigenvalue weighted by Gasteiger charge is 2.21. The molecule has 0 aliphatic carbocycles. The number of benzene rings is 1. The van der Waals surface area contributed by atoms with Crippen LogP contribution in [0.5, 0.6) is 0 Å². The summed E-state index contributed by atoms with van der Waals surface area (Å²) in [6.07, 6.45) is 5.00. The quantitative estimate of drug-likeness (QED) is 0.356. The number of nitrogens with one attached hydrogen (secondary N) is 1. The van der Waals surface area contributed by atoms with Crippen LogP contribution in [0.25, 0.3) is 10.2 Å². The molecule has 1 unspecified atom stereocenters. The molecule has 0 bridgehead atoms. The highest BCUT2D eigenvalue weighted by Crippen LogP contribution is 2.29. The van der Waals surface area contributed by atoms with Crippen molar-refractivity contribution in [2.75, 3.05) is 11.9 Å². The van der Waals surface area contributed by atoms with Gasteiger partial charge in [0.15, 0.2) is 5.82 Å². The monoisotopic (exact) mass is 477 g/mol. The number of fused-ring (bicyclic) bond motifs is 2. The molecule has 3 aromatic heterocycles. The Kier molecular flexibility index (Phi) is 6.53. The summed E-state index contributed by atoms with van der Waals surface area (Å²) in [5, 5.41) is 17.9. The van der Waals surface area contributed by atoms with Crippen LogP contribution in [0.4, 0.5) is 5.82 Å². The average Bonchev–Trinajstić information content (AvgIpc) is 3.42. The highest BCUT2D eigenvalue weighted by molar-refractivity contribution is 7.18. The van der Waals surface area contributed by atoms with E-state index in [1.807, 2.05) is 25.1 Å². The summed E-state index contributed by atoms with van der Waals surface area (Å²) in [5.41, 5.74) is 4.17. The minimum atomic E-state index is -0.855. The topological polar surface area (TPSA) is 114 Å². The third-order valence-corrected chi connectivity index (χ3v) is 7.08. The van der Waals surface area contributed by atoms with Crippen molar-refractivity contribution in [3.05, 3.63) is 63.9 Å². The van der Waals surface area contributed by atoms with Crippen LogP contribution in [-0.4, -0.2) is 37.7 Å². The molecule has 4 heterocycles. The van der Waals surface area contributed by atoms with Crippen LogP contribution in [0.1, 0.15) is 58.7 Å². The lowest BCUT2D eigenvalue weighted by Crippen LogP contribution is -2.14. The number of aliphatic carboxylic acids is 1. The molecular formula is C25H27N5O3S. The predicted octanol–water partition coefficient (Wildman–Crippen LogP) is 4.72. The minimum Gasteiger partial charge on any atom is -0.481 e. The van der Waals surface area contributed by atoms with Crippen molar-refractivity contribution < 1.29 is 14.4 Å². The second-order valence-electron chi connectivity index (χ2n) is 8.76. The number of hydrogen-bond donors (Lipinski definition) is 2. The Balaban J connectivity index is 1.22. The van der Waals surface area contributed by atoms with Crippen LogP contribution in [0, 0.1) is 6.92 Å². The first-order chi connectivity index (χ1) is 16.5. The standard InChI is InChI=1S/C25H27N5O3S/c1-15-27-20-12-17(8-10-21(20)34-15)18(14-24(31)32)13-23-29-22(30-33-23)6-2-5-19-9-7-16-4-3-11-26-25(16)28-19/h7-10,12,18H,2-6,11,13-14H2,1H3,(H,26,28)(H,31,32). The number of rotatable bonds is 9. The van der Waals surface area contributed by atoms with Gasteiger partial charge in [-0.05, 0) is 61.9 Å². The molecule has 1 aromatic carbocycles. The van der Waals surface area contributed by atoms with Crippen LogP contribution < -0.4 is 5.32 Å². The summed E-state index contributed by atoms with van der Waals surface area (Å²) in [5.74, 6) is 1.01. The van der Waals surface area contributed by atoms with Gasteiger partial charge in [0, 0.05) is 31.0 Å². The van der Waals surface area contributed by atoms with Gasteiger partial charge in [-0.15, -0.1) is 11.3 Å². The maximum Gasteiger partial charge on any atom is 0.303 e. The number of carboxylic acid groups (broad SMARTS) is 1. The van der Waals surface area contributed by atoms with Crippen molar-refractivity contribution in [1.29, 1.82) is 0 Å². The summed E-state index contributed by atoms with van der Waals surface area (Å²) in [7, 11) is 0. The number of carboxylic acids is 1. The first-order valence-electron chi connectivity index (χ1n) is 11.7. The van der Waals surface area contributed by atoms with Crippen LogP contribution in [0.2, 0.25) is 0 Å². The average molecular weight is 478 g/mol. The largest absolute Gasteiger partial charge is 0.481 e. The molecule has 9 heteroatoms. The van der Waals surface area contributed by atoms with Gasteiger partial charge >= 0.3 is 5.97 Å². The summed E-state index contributed by atoms with van der Waals surface area (Å²) in [4.78, 5) is 25.3. The molecule has 0 fully saturated rings. The fourth-order valence-electron chi connectivity index (χ4n) is 4.45. The Bertz CT molecular complexity index is 1320. The van der Waals surface area contributed by atoms with Crippen molar-refractivity contribution in [1.82, 2.24) is 20.1 Å². The van der Waals surface area contributed by atoms with Crippen molar-refractivity contribution in [2.45, 2.75) is 57.8 Å². The lowest BCUT2D eigenvalue weighted by molar-refractivity contribution is -0.137. The Hall–Kier alpha value is -3.33. The molecule has 1 aliphatic heterocycles. The zero-order valence-electron chi connectivity index (χ0n) is 19.1. The first kappa shape index (κ1) is 22.5. The first-order valence-corrected chi connectivity index (χ1v) is 12.5. The van der Waals surface area contributed by atoms with Gasteiger partial charge in [0.25, 0.3) is 0 Å². The van der Waals surface area contributed by atoms with Gasteiger partial charge in [-0.3, -0.25) is 4.79 Å². The van der Waals surface area contributed by atoms with E-state index < -0.39 is 5.97 Å². The van der Waals surface area contributed by atoms with E-state index in [2.05, 4.69) is 32.6 Å². The van der Waals surface area contributed by atoms with E-state index in [0.29, 0.717) is 24.6 Å². The summed E-state index contributed by atoms with van der Waals surface area (Å²) >= 11 is 1.63. The van der Waals surface area contributed by atoms with Crippen molar-refractivity contribution in [3.63, 3.8) is 0 Å². The summed E-state index contributed by atoms with van der Waals surface area (Å²) < 4.78 is 6.57. The van der Waals surface area contributed by atoms with Gasteiger partial charge in [-0.25, -0.2) is 9.97 Å². The van der Waals surface area contributed by atoms with Crippen LogP contribution in [0.3, 0.4) is 0 Å². The number of nitrogens with zero attached hydrogens (tertiary/aromatic N) is 4. The molecule has 0 saturated carbocycles. The molecule has 1 aliphatic rings. The molecule has 2 N–H and O–H groups in total. The highest BCUT2D eigenvalue weighted by atomic mass is 32.1. The molecule has 0 saturated heterocycles. The van der Waals surface area contributed by atoms with Crippen molar-refractivity contribution in [2.24, 2.45) is 0 Å². The molecule has 0 spiro atoms. The minimum absolute atomic E-state index is 0.00955. The number of aromatic nitrogens is 4. The summed E-state index contributed by atoms with van der Waals surface area (Å²) in [6.45, 7) is 2.95. The lowest BCUT2D eigenvalue weighted by atomic mass is 9.92. The number of carbonyl (C=O) groups is 1. The van der Waals surface area contributed by atoms with Crippen LogP contribution >= 0.6 is 11.3 Å². The number of pyridine rings is 1. The summed E-state index contributed by atoms with van der Waals surface area (Å²) in [6, 6.07) is 10.2. The van der Waals surface area contributed by atoms with Gasteiger partial charge in [-0.1, -0.05) is 17.3 Å². The normalized spacial score (nSPS) is 14.0. The van der Waals surface area contributed by atoms with Gasteiger partial charge in [0.1, 0.15) is 5.82 Å². The molecule has 34 heavy (non-hydrogen) atoms. The number of hydrogen-bond acceptors (Lipinski definition) is 8. The fraction of sp³-hybridized carbons (Fsp3) is 0.400. The van der Waals surface area contributed by atoms with E-state index in [0.717, 1.165) is 64.5 Å². The molecule has 0 amide bonds. The van der Waals surface area contributed by atoms with E-state index in [1.54, 1.807) is 11.3 Å². The second-order valence-corrected chi connectivity index (χ2v) is 9.99. The maximum absolute atomic E-state index is 11.5. The molecular weight excluding hydrogens is 450 g/mol. The van der Waals surface area contributed by atoms with Crippen LogP contribution in [0.15, 0.2) is 34.9 Å². The number of thiazole rings is 1. The molecule has 176 valence electrons. The Labute approximate surface area is 201 Å². The predicted molar refractivity (Wildman–Crippen MR) is 130 cm³/mol. The number of anilines is 1. The van der Waals surface area contributed by atoms with E-state index in [1.165, 1.54) is 5.56 Å². The van der Waals surface area contributed by atoms with Crippen LogP contribution in [-0.2, 0) is 30.5 Å². The Morgan fingerprint density at radius 1 is 1.21 bits per heavy atom. The van der Waals surface area contributed by atoms with E-state index in [9.17, 15) is 9.90 Å². The van der Waals surface area contributed by atoms with E-state index in [4.69, 9.17) is 9.51 Å².